The molecule has 2 amide bonds. The molecule has 0 aromatic heterocycles. The second kappa shape index (κ2) is 8.64. The van der Waals surface area contributed by atoms with Gasteiger partial charge in [-0.25, -0.2) is 9.69 Å². The Bertz CT molecular complexity index is 515. The second-order valence-electron chi connectivity index (χ2n) is 5.79. The number of carbonyl (C=O) groups is 2. The second-order valence-corrected chi connectivity index (χ2v) is 5.79. The third-order valence-electron chi connectivity index (χ3n) is 3.96. The maximum absolute atomic E-state index is 12.5. The van der Waals surface area contributed by atoms with Gasteiger partial charge < -0.3 is 15.8 Å². The van der Waals surface area contributed by atoms with Crippen molar-refractivity contribution in [2.45, 2.75) is 44.9 Å². The Labute approximate surface area is 137 Å². The van der Waals surface area contributed by atoms with Gasteiger partial charge in [-0.05, 0) is 24.9 Å². The number of rotatable bonds is 6. The van der Waals surface area contributed by atoms with E-state index in [0.717, 1.165) is 24.9 Å². The minimum absolute atomic E-state index is 0.145. The number of carbonyl (C=O) groups excluding carboxylic acids is 2. The van der Waals surface area contributed by atoms with Crippen molar-refractivity contribution in [1.29, 1.82) is 0 Å². The molecule has 6 nitrogen and oxygen atoms in total. The summed E-state index contributed by atoms with van der Waals surface area (Å²) in [6.07, 6.45) is 1.47. The van der Waals surface area contributed by atoms with Crippen molar-refractivity contribution < 1.29 is 14.3 Å². The van der Waals surface area contributed by atoms with Crippen LogP contribution in [0, 0.1) is 0 Å². The zero-order valence-electron chi connectivity index (χ0n) is 13.5. The molecule has 23 heavy (non-hydrogen) atoms. The number of nitrogens with zero attached hydrogens (tertiary/aromatic N) is 1. The number of nitrogens with two attached hydrogens (primary N) is 1. The quantitative estimate of drug-likeness (QED) is 0.832. The molecule has 0 saturated carbocycles. The summed E-state index contributed by atoms with van der Waals surface area (Å²) in [5, 5.41) is 3.16. The average Bonchev–Trinajstić information content (AvgIpc) is 3.08. The van der Waals surface area contributed by atoms with Gasteiger partial charge in [-0.2, -0.15) is 0 Å². The van der Waals surface area contributed by atoms with Gasteiger partial charge in [-0.1, -0.05) is 43.7 Å². The van der Waals surface area contributed by atoms with Gasteiger partial charge in [0.05, 0.1) is 12.1 Å². The molecule has 3 N–H and O–H groups in total. The third-order valence-corrected chi connectivity index (χ3v) is 3.96. The molecule has 0 bridgehead atoms. The molecule has 1 saturated heterocycles. The van der Waals surface area contributed by atoms with Crippen LogP contribution in [0.4, 0.5) is 4.79 Å². The number of imide groups is 1. The molecule has 2 atom stereocenters. The Morgan fingerprint density at radius 1 is 1.39 bits per heavy atom. The summed E-state index contributed by atoms with van der Waals surface area (Å²) in [5.41, 5.74) is 6.81. The van der Waals surface area contributed by atoms with Gasteiger partial charge in [-0.15, -0.1) is 0 Å². The Morgan fingerprint density at radius 3 is 2.74 bits per heavy atom. The zero-order chi connectivity index (χ0) is 16.7. The van der Waals surface area contributed by atoms with Gasteiger partial charge in [0.25, 0.3) is 0 Å². The number of hydrogen-bond acceptors (Lipinski definition) is 5. The summed E-state index contributed by atoms with van der Waals surface area (Å²) >= 11 is 0. The zero-order valence-corrected chi connectivity index (χ0v) is 13.5. The molecule has 126 valence electrons. The minimum Gasteiger partial charge on any atom is -0.444 e. The van der Waals surface area contributed by atoms with Crippen LogP contribution in [-0.2, 0) is 16.1 Å². The maximum Gasteiger partial charge on any atom is 0.417 e. The Kier molecular flexibility index (Phi) is 6.55. The van der Waals surface area contributed by atoms with E-state index in [9.17, 15) is 9.59 Å². The van der Waals surface area contributed by atoms with Crippen molar-refractivity contribution in [1.82, 2.24) is 10.2 Å². The van der Waals surface area contributed by atoms with E-state index in [-0.39, 0.29) is 18.6 Å². The highest BCUT2D eigenvalue weighted by atomic mass is 16.6. The summed E-state index contributed by atoms with van der Waals surface area (Å²) in [6.45, 7) is 3.48. The van der Waals surface area contributed by atoms with Gasteiger partial charge in [0.15, 0.2) is 0 Å². The van der Waals surface area contributed by atoms with E-state index in [1.54, 1.807) is 0 Å². The number of benzene rings is 1. The summed E-state index contributed by atoms with van der Waals surface area (Å²) in [5.74, 6) is -0.349. The molecular weight excluding hydrogens is 294 g/mol. The molecule has 0 spiro atoms. The van der Waals surface area contributed by atoms with E-state index in [0.29, 0.717) is 13.0 Å². The van der Waals surface area contributed by atoms with E-state index >= 15 is 0 Å². The van der Waals surface area contributed by atoms with Gasteiger partial charge in [-0.3, -0.25) is 4.79 Å². The van der Waals surface area contributed by atoms with E-state index < -0.39 is 12.1 Å². The molecule has 0 aliphatic carbocycles. The van der Waals surface area contributed by atoms with Crippen LogP contribution in [0.3, 0.4) is 0 Å². The molecule has 1 aliphatic rings. The molecule has 1 aromatic rings. The van der Waals surface area contributed by atoms with Gasteiger partial charge >= 0.3 is 6.09 Å². The molecule has 1 fully saturated rings. The lowest BCUT2D eigenvalue weighted by molar-refractivity contribution is -0.132. The monoisotopic (exact) mass is 319 g/mol. The molecule has 0 radical (unpaired) electrons. The van der Waals surface area contributed by atoms with Gasteiger partial charge in [0.1, 0.15) is 6.61 Å². The maximum atomic E-state index is 12.5. The predicted molar refractivity (Wildman–Crippen MR) is 87.6 cm³/mol. The summed E-state index contributed by atoms with van der Waals surface area (Å²) in [7, 11) is 0. The lowest BCUT2D eigenvalue weighted by Crippen LogP contribution is -2.52. The van der Waals surface area contributed by atoms with Crippen molar-refractivity contribution in [3.63, 3.8) is 0 Å². The summed E-state index contributed by atoms with van der Waals surface area (Å²) in [6, 6.07) is 8.56. The SMILES string of the molecule is CCC[C@H](N)C(=O)N(C(=O)OCc1ccccc1)C1CCNC1. The first-order valence-corrected chi connectivity index (χ1v) is 8.13. The van der Waals surface area contributed by atoms with Crippen molar-refractivity contribution in [2.75, 3.05) is 13.1 Å². The minimum atomic E-state index is -0.662. The fraction of sp³-hybridized carbons (Fsp3) is 0.529. The number of ether oxygens (including phenoxy) is 1. The predicted octanol–water partition coefficient (Wildman–Crippen LogP) is 1.64. The van der Waals surface area contributed by atoms with Crippen molar-refractivity contribution in [3.8, 4) is 0 Å². The highest BCUT2D eigenvalue weighted by Gasteiger charge is 2.35. The normalized spacial score (nSPS) is 18.4. The van der Waals surface area contributed by atoms with Crippen LogP contribution in [0.1, 0.15) is 31.7 Å². The molecule has 2 rings (SSSR count). The highest BCUT2D eigenvalue weighted by Crippen LogP contribution is 2.14. The largest absolute Gasteiger partial charge is 0.444 e. The molecule has 1 heterocycles. The van der Waals surface area contributed by atoms with E-state index in [4.69, 9.17) is 10.5 Å². The number of nitrogens with one attached hydrogen (secondary N) is 1. The molecule has 1 unspecified atom stereocenters. The van der Waals surface area contributed by atoms with Crippen LogP contribution in [-0.4, -0.2) is 42.1 Å². The van der Waals surface area contributed by atoms with E-state index in [1.807, 2.05) is 37.3 Å². The van der Waals surface area contributed by atoms with Crippen LogP contribution < -0.4 is 11.1 Å². The topological polar surface area (TPSA) is 84.7 Å². The van der Waals surface area contributed by atoms with Crippen LogP contribution in [0.25, 0.3) is 0 Å². The standard InChI is InChI=1S/C17H25N3O3/c1-2-6-15(18)16(21)20(14-9-10-19-11-14)17(22)23-12-13-7-4-3-5-8-13/h3-5,7-8,14-15,19H,2,6,9-12,18H2,1H3/t14?,15-/m0/s1. The molecular formula is C17H25N3O3. The van der Waals surface area contributed by atoms with Crippen LogP contribution >= 0.6 is 0 Å². The highest BCUT2D eigenvalue weighted by molar-refractivity contribution is 5.95. The van der Waals surface area contributed by atoms with Crippen molar-refractivity contribution in [2.24, 2.45) is 5.73 Å². The summed E-state index contributed by atoms with van der Waals surface area (Å²) in [4.78, 5) is 26.2. The lowest BCUT2D eigenvalue weighted by atomic mass is 10.1. The van der Waals surface area contributed by atoms with E-state index in [2.05, 4.69) is 5.32 Å². The van der Waals surface area contributed by atoms with Crippen LogP contribution in [0.2, 0.25) is 0 Å². The first-order valence-electron chi connectivity index (χ1n) is 8.13. The summed E-state index contributed by atoms with van der Waals surface area (Å²) < 4.78 is 5.33. The fourth-order valence-corrected chi connectivity index (χ4v) is 2.68. The van der Waals surface area contributed by atoms with Crippen LogP contribution in [0.15, 0.2) is 30.3 Å². The smallest absolute Gasteiger partial charge is 0.417 e. The van der Waals surface area contributed by atoms with E-state index in [1.165, 1.54) is 4.90 Å². The Morgan fingerprint density at radius 2 is 2.13 bits per heavy atom. The lowest BCUT2D eigenvalue weighted by Gasteiger charge is -2.28. The average molecular weight is 319 g/mol. The Balaban J connectivity index is 2.03. The van der Waals surface area contributed by atoms with Crippen LogP contribution in [0.5, 0.6) is 0 Å². The first-order chi connectivity index (χ1) is 11.1. The fourth-order valence-electron chi connectivity index (χ4n) is 2.68. The Hall–Kier alpha value is -1.92. The molecule has 6 heteroatoms. The van der Waals surface area contributed by atoms with Crippen molar-refractivity contribution >= 4 is 12.0 Å². The number of amides is 2. The van der Waals surface area contributed by atoms with Crippen molar-refractivity contribution in [3.05, 3.63) is 35.9 Å². The van der Waals surface area contributed by atoms with Gasteiger partial charge in [0, 0.05) is 6.54 Å². The van der Waals surface area contributed by atoms with Gasteiger partial charge in [0.2, 0.25) is 5.91 Å². The first kappa shape index (κ1) is 17.4. The third kappa shape index (κ3) is 4.77. The molecule has 1 aliphatic heterocycles. The number of hydrogen-bond donors (Lipinski definition) is 2. The molecule has 1 aromatic carbocycles.